The number of fused-ring (bicyclic) bond motifs is 2. The highest BCUT2D eigenvalue weighted by Gasteiger charge is 2.47. The van der Waals surface area contributed by atoms with E-state index in [0.29, 0.717) is 31.7 Å². The molecule has 2 aliphatic rings. The first-order valence-electron chi connectivity index (χ1n) is 6.78. The molecule has 5 heteroatoms. The van der Waals surface area contributed by atoms with Crippen LogP contribution in [0.5, 0.6) is 0 Å². The van der Waals surface area contributed by atoms with Gasteiger partial charge in [-0.1, -0.05) is 0 Å². The molecule has 5 nitrogen and oxygen atoms in total. The second kappa shape index (κ2) is 6.50. The molecule has 2 fully saturated rings. The molecule has 2 N–H and O–H groups in total. The molecule has 0 spiro atoms. The minimum Gasteiger partial charge on any atom is -0.481 e. The zero-order chi connectivity index (χ0) is 13.0. The number of carbonyl (C=O) groups is 1. The van der Waals surface area contributed by atoms with E-state index in [-0.39, 0.29) is 25.0 Å². The van der Waals surface area contributed by atoms with Crippen LogP contribution >= 0.6 is 0 Å². The Balaban J connectivity index is 1.60. The zero-order valence-electron chi connectivity index (χ0n) is 10.6. The van der Waals surface area contributed by atoms with Crippen LogP contribution in [0, 0.1) is 11.8 Å². The summed E-state index contributed by atoms with van der Waals surface area (Å²) >= 11 is 0. The largest absolute Gasteiger partial charge is 0.481 e. The van der Waals surface area contributed by atoms with Gasteiger partial charge in [-0.2, -0.15) is 0 Å². The molecular weight excluding hydrogens is 236 g/mol. The Kier molecular flexibility index (Phi) is 4.97. The second-order valence-electron chi connectivity index (χ2n) is 5.20. The van der Waals surface area contributed by atoms with Gasteiger partial charge in [0, 0.05) is 32.2 Å². The summed E-state index contributed by atoms with van der Waals surface area (Å²) in [7, 11) is 0. The van der Waals surface area contributed by atoms with Crippen LogP contribution in [0.25, 0.3) is 0 Å². The Labute approximate surface area is 107 Å². The smallest absolute Gasteiger partial charge is 0.303 e. The molecule has 2 bridgehead atoms. The van der Waals surface area contributed by atoms with Crippen LogP contribution < -0.4 is 0 Å². The number of carboxylic acids is 1. The molecule has 4 atom stereocenters. The first-order valence-corrected chi connectivity index (χ1v) is 6.78. The molecule has 2 heterocycles. The van der Waals surface area contributed by atoms with Crippen molar-refractivity contribution in [3.05, 3.63) is 0 Å². The lowest BCUT2D eigenvalue weighted by atomic mass is 9.78. The van der Waals surface area contributed by atoms with Gasteiger partial charge in [0.25, 0.3) is 0 Å². The number of aliphatic carboxylic acids is 1. The van der Waals surface area contributed by atoms with Gasteiger partial charge in [0.15, 0.2) is 0 Å². The van der Waals surface area contributed by atoms with E-state index in [1.54, 1.807) is 0 Å². The Bertz CT molecular complexity index is 281. The lowest BCUT2D eigenvalue weighted by Crippen LogP contribution is -2.30. The van der Waals surface area contributed by atoms with Gasteiger partial charge in [-0.05, 0) is 31.6 Å². The van der Waals surface area contributed by atoms with E-state index in [4.69, 9.17) is 14.6 Å². The number of hydrogen-bond acceptors (Lipinski definition) is 4. The van der Waals surface area contributed by atoms with Crippen LogP contribution in [0.1, 0.15) is 32.1 Å². The summed E-state index contributed by atoms with van der Waals surface area (Å²) in [5.41, 5.74) is 0. The van der Waals surface area contributed by atoms with Crippen LogP contribution in [0.15, 0.2) is 0 Å². The molecule has 2 saturated heterocycles. The number of ether oxygens (including phenoxy) is 2. The number of carboxylic acid groups (broad SMARTS) is 1. The third-order valence-electron chi connectivity index (χ3n) is 4.08. The molecule has 18 heavy (non-hydrogen) atoms. The summed E-state index contributed by atoms with van der Waals surface area (Å²) in [5.74, 6) is -0.0972. The summed E-state index contributed by atoms with van der Waals surface area (Å²) in [6, 6.07) is 0. The van der Waals surface area contributed by atoms with Gasteiger partial charge < -0.3 is 19.7 Å². The quantitative estimate of drug-likeness (QED) is 0.636. The van der Waals surface area contributed by atoms with Gasteiger partial charge in [0.1, 0.15) is 0 Å². The van der Waals surface area contributed by atoms with E-state index >= 15 is 0 Å². The molecule has 0 aliphatic carbocycles. The van der Waals surface area contributed by atoms with Gasteiger partial charge in [0.05, 0.1) is 12.2 Å². The fourth-order valence-corrected chi connectivity index (χ4v) is 3.17. The number of aliphatic hydroxyl groups excluding tert-OH is 1. The summed E-state index contributed by atoms with van der Waals surface area (Å²) in [6.07, 6.45) is 4.35. The van der Waals surface area contributed by atoms with E-state index in [9.17, 15) is 9.90 Å². The van der Waals surface area contributed by atoms with Gasteiger partial charge in [0.2, 0.25) is 0 Å². The summed E-state index contributed by atoms with van der Waals surface area (Å²) in [6.45, 7) is 1.33. The van der Waals surface area contributed by atoms with Crippen LogP contribution in [-0.4, -0.2) is 48.2 Å². The SMILES string of the molecule is O=C(O)CCCOCC[C@@H]1[C@H](CO)[C@@H]2CC[C@H]1O2. The van der Waals surface area contributed by atoms with E-state index in [2.05, 4.69) is 0 Å². The summed E-state index contributed by atoms with van der Waals surface area (Å²) in [5, 5.41) is 17.9. The molecule has 0 radical (unpaired) electrons. The van der Waals surface area contributed by atoms with Gasteiger partial charge in [-0.15, -0.1) is 0 Å². The Morgan fingerprint density at radius 3 is 2.61 bits per heavy atom. The third kappa shape index (κ3) is 3.22. The lowest BCUT2D eigenvalue weighted by molar-refractivity contribution is -0.137. The van der Waals surface area contributed by atoms with Crippen molar-refractivity contribution >= 4 is 5.97 Å². The van der Waals surface area contributed by atoms with Gasteiger partial charge in [-0.3, -0.25) is 4.79 Å². The first-order chi connectivity index (χ1) is 8.72. The highest BCUT2D eigenvalue weighted by atomic mass is 16.5. The van der Waals surface area contributed by atoms with E-state index in [1.807, 2.05) is 0 Å². The molecule has 104 valence electrons. The van der Waals surface area contributed by atoms with Crippen molar-refractivity contribution in [2.24, 2.45) is 11.8 Å². The topological polar surface area (TPSA) is 76.0 Å². The average molecular weight is 258 g/mol. The lowest BCUT2D eigenvalue weighted by Gasteiger charge is -2.26. The number of hydrogen-bond donors (Lipinski definition) is 2. The van der Waals surface area contributed by atoms with Crippen LogP contribution in [0.3, 0.4) is 0 Å². The number of rotatable bonds is 8. The van der Waals surface area contributed by atoms with Crippen molar-refractivity contribution in [2.45, 2.75) is 44.3 Å². The average Bonchev–Trinajstić information content (AvgIpc) is 2.93. The van der Waals surface area contributed by atoms with E-state index < -0.39 is 5.97 Å². The minimum atomic E-state index is -0.777. The third-order valence-corrected chi connectivity index (χ3v) is 4.08. The molecule has 2 aliphatic heterocycles. The van der Waals surface area contributed by atoms with Crippen molar-refractivity contribution in [1.29, 1.82) is 0 Å². The Hall–Kier alpha value is -0.650. The highest BCUT2D eigenvalue weighted by molar-refractivity contribution is 5.66. The highest BCUT2D eigenvalue weighted by Crippen LogP contribution is 2.44. The molecular formula is C13H22O5. The summed E-state index contributed by atoms with van der Waals surface area (Å²) in [4.78, 5) is 10.3. The minimum absolute atomic E-state index is 0.163. The molecule has 2 rings (SSSR count). The normalized spacial score (nSPS) is 34.1. The maximum atomic E-state index is 10.3. The van der Waals surface area contributed by atoms with E-state index in [1.165, 1.54) is 0 Å². The zero-order valence-corrected chi connectivity index (χ0v) is 10.6. The second-order valence-corrected chi connectivity index (χ2v) is 5.20. The Morgan fingerprint density at radius 1 is 1.22 bits per heavy atom. The molecule has 0 aromatic rings. The molecule has 0 amide bonds. The van der Waals surface area contributed by atoms with Crippen LogP contribution in [-0.2, 0) is 14.3 Å². The fourth-order valence-electron chi connectivity index (χ4n) is 3.17. The standard InChI is InChI=1S/C13H22O5/c14-8-10-9(11-3-4-12(10)18-11)5-7-17-6-1-2-13(15)16/h9-12,14H,1-8H2,(H,15,16)/t9-,10+,11-,12+/m1/s1. The summed E-state index contributed by atoms with van der Waals surface area (Å²) < 4.78 is 11.3. The van der Waals surface area contributed by atoms with Gasteiger partial charge in [-0.25, -0.2) is 0 Å². The van der Waals surface area contributed by atoms with Crippen molar-refractivity contribution in [3.63, 3.8) is 0 Å². The molecule has 0 aromatic heterocycles. The predicted molar refractivity (Wildman–Crippen MR) is 64.3 cm³/mol. The van der Waals surface area contributed by atoms with Crippen molar-refractivity contribution in [2.75, 3.05) is 19.8 Å². The Morgan fingerprint density at radius 2 is 1.94 bits per heavy atom. The maximum Gasteiger partial charge on any atom is 0.303 e. The number of aliphatic hydroxyl groups is 1. The van der Waals surface area contributed by atoms with Gasteiger partial charge >= 0.3 is 5.97 Å². The van der Waals surface area contributed by atoms with Crippen molar-refractivity contribution < 1.29 is 24.5 Å². The van der Waals surface area contributed by atoms with E-state index in [0.717, 1.165) is 19.3 Å². The molecule has 0 unspecified atom stereocenters. The van der Waals surface area contributed by atoms with Crippen molar-refractivity contribution in [1.82, 2.24) is 0 Å². The molecule has 0 aromatic carbocycles. The fraction of sp³-hybridized carbons (Fsp3) is 0.923. The molecule has 0 saturated carbocycles. The van der Waals surface area contributed by atoms with Crippen molar-refractivity contribution in [3.8, 4) is 0 Å². The maximum absolute atomic E-state index is 10.3. The van der Waals surface area contributed by atoms with Crippen LogP contribution in [0.4, 0.5) is 0 Å². The predicted octanol–water partition coefficient (Wildman–Crippen LogP) is 1.04. The first kappa shape index (κ1) is 13.8. The van der Waals surface area contributed by atoms with Crippen LogP contribution in [0.2, 0.25) is 0 Å². The monoisotopic (exact) mass is 258 g/mol.